The van der Waals surface area contributed by atoms with Crippen molar-refractivity contribution >= 4 is 5.96 Å². The molecule has 0 radical (unpaired) electrons. The summed E-state index contributed by atoms with van der Waals surface area (Å²) in [5.41, 5.74) is 1.17. The zero-order valence-electron chi connectivity index (χ0n) is 18.3. The Balaban J connectivity index is 1.43. The van der Waals surface area contributed by atoms with Crippen LogP contribution < -0.4 is 20.1 Å². The number of hydrogen-bond donors (Lipinski definition) is 3. The van der Waals surface area contributed by atoms with Crippen LogP contribution >= 0.6 is 0 Å². The number of aliphatic imine (C=N–C) groups is 1. The van der Waals surface area contributed by atoms with Crippen LogP contribution in [0.25, 0.3) is 11.6 Å². The zero-order valence-corrected chi connectivity index (χ0v) is 18.3. The van der Waals surface area contributed by atoms with E-state index >= 15 is 0 Å². The SMILES string of the molecule is CCOc1ccc(CCNC(=NC)NCCc2nc(-c3ccco3)n[nH]2)cc1OCC. The van der Waals surface area contributed by atoms with Gasteiger partial charge in [0.25, 0.3) is 0 Å². The molecule has 3 aromatic rings. The predicted octanol–water partition coefficient (Wildman–Crippen LogP) is 2.81. The maximum atomic E-state index is 5.70. The Labute approximate surface area is 182 Å². The summed E-state index contributed by atoms with van der Waals surface area (Å²) in [5, 5.41) is 13.7. The van der Waals surface area contributed by atoms with Crippen molar-refractivity contribution in [2.24, 2.45) is 4.99 Å². The first-order valence-corrected chi connectivity index (χ1v) is 10.5. The maximum absolute atomic E-state index is 5.70. The molecule has 0 amide bonds. The minimum atomic E-state index is 0.560. The van der Waals surface area contributed by atoms with Crippen molar-refractivity contribution in [2.75, 3.05) is 33.4 Å². The molecule has 9 heteroatoms. The number of H-pyrrole nitrogens is 1. The Morgan fingerprint density at radius 1 is 1.06 bits per heavy atom. The minimum Gasteiger partial charge on any atom is -0.490 e. The Bertz CT molecular complexity index is 952. The van der Waals surface area contributed by atoms with E-state index in [2.05, 4.69) is 36.9 Å². The number of benzene rings is 1. The molecule has 1 aromatic carbocycles. The van der Waals surface area contributed by atoms with Crippen molar-refractivity contribution in [3.8, 4) is 23.1 Å². The molecule has 0 saturated carbocycles. The van der Waals surface area contributed by atoms with E-state index in [1.807, 2.05) is 38.1 Å². The minimum absolute atomic E-state index is 0.560. The van der Waals surface area contributed by atoms with Crippen molar-refractivity contribution in [1.82, 2.24) is 25.8 Å². The lowest BCUT2D eigenvalue weighted by molar-refractivity contribution is 0.287. The average Bonchev–Trinajstić information content (AvgIpc) is 3.46. The molecule has 0 aliphatic rings. The van der Waals surface area contributed by atoms with Gasteiger partial charge < -0.3 is 24.5 Å². The standard InChI is InChI=1S/C22H30N6O3/c1-4-29-17-9-8-16(15-19(17)30-5-2)10-12-24-22(23-3)25-13-11-20-26-21(28-27-20)18-7-6-14-31-18/h6-9,14-15H,4-5,10-13H2,1-3H3,(H2,23,24,25)(H,26,27,28). The fourth-order valence-electron chi connectivity index (χ4n) is 3.02. The number of hydrogen-bond acceptors (Lipinski definition) is 6. The van der Waals surface area contributed by atoms with Gasteiger partial charge in [-0.2, -0.15) is 5.10 Å². The van der Waals surface area contributed by atoms with Gasteiger partial charge in [0.2, 0.25) is 5.82 Å². The van der Waals surface area contributed by atoms with Crippen molar-refractivity contribution < 1.29 is 13.9 Å². The van der Waals surface area contributed by atoms with Crippen molar-refractivity contribution in [3.63, 3.8) is 0 Å². The molecule has 166 valence electrons. The summed E-state index contributed by atoms with van der Waals surface area (Å²) < 4.78 is 16.6. The van der Waals surface area contributed by atoms with Gasteiger partial charge in [0.1, 0.15) is 5.82 Å². The molecule has 3 N–H and O–H groups in total. The lowest BCUT2D eigenvalue weighted by atomic mass is 10.1. The summed E-state index contributed by atoms with van der Waals surface area (Å²) in [7, 11) is 1.75. The Kier molecular flexibility index (Phi) is 8.33. The molecule has 0 saturated heterocycles. The molecule has 0 unspecified atom stereocenters. The van der Waals surface area contributed by atoms with E-state index in [9.17, 15) is 0 Å². The van der Waals surface area contributed by atoms with E-state index in [0.29, 0.717) is 37.8 Å². The van der Waals surface area contributed by atoms with Crippen LogP contribution in [0.5, 0.6) is 11.5 Å². The Hall–Kier alpha value is -3.49. The zero-order chi connectivity index (χ0) is 21.9. The summed E-state index contributed by atoms with van der Waals surface area (Å²) >= 11 is 0. The van der Waals surface area contributed by atoms with Crippen LogP contribution in [0.2, 0.25) is 0 Å². The third kappa shape index (κ3) is 6.50. The second-order valence-corrected chi connectivity index (χ2v) is 6.66. The number of rotatable bonds is 11. The van der Waals surface area contributed by atoms with E-state index in [1.165, 1.54) is 5.56 Å². The molecule has 0 aliphatic carbocycles. The molecule has 2 heterocycles. The number of furan rings is 1. The molecule has 2 aromatic heterocycles. The molecule has 9 nitrogen and oxygen atoms in total. The van der Waals surface area contributed by atoms with Gasteiger partial charge in [0.05, 0.1) is 19.5 Å². The molecule has 0 spiro atoms. The summed E-state index contributed by atoms with van der Waals surface area (Å²) in [6.45, 7) is 6.56. The van der Waals surface area contributed by atoms with Gasteiger partial charge in [-0.3, -0.25) is 10.1 Å². The van der Waals surface area contributed by atoms with E-state index in [0.717, 1.165) is 36.2 Å². The van der Waals surface area contributed by atoms with Crippen molar-refractivity contribution in [1.29, 1.82) is 0 Å². The summed E-state index contributed by atoms with van der Waals surface area (Å²) in [4.78, 5) is 8.71. The second kappa shape index (κ2) is 11.6. The highest BCUT2D eigenvalue weighted by Gasteiger charge is 2.09. The van der Waals surface area contributed by atoms with E-state index in [4.69, 9.17) is 13.9 Å². The number of nitrogens with one attached hydrogen (secondary N) is 3. The van der Waals surface area contributed by atoms with Gasteiger partial charge in [-0.1, -0.05) is 6.07 Å². The van der Waals surface area contributed by atoms with Crippen molar-refractivity contribution in [3.05, 3.63) is 48.0 Å². The first kappa shape index (κ1) is 22.2. The van der Waals surface area contributed by atoms with Gasteiger partial charge in [-0.25, -0.2) is 4.98 Å². The molecular weight excluding hydrogens is 396 g/mol. The number of aromatic amines is 1. The third-order valence-electron chi connectivity index (χ3n) is 4.47. The topological polar surface area (TPSA) is 110 Å². The second-order valence-electron chi connectivity index (χ2n) is 6.66. The Morgan fingerprint density at radius 3 is 2.55 bits per heavy atom. The molecule has 0 aliphatic heterocycles. The highest BCUT2D eigenvalue weighted by Crippen LogP contribution is 2.28. The summed E-state index contributed by atoms with van der Waals surface area (Å²) in [6.07, 6.45) is 3.13. The van der Waals surface area contributed by atoms with Crippen LogP contribution in [0.4, 0.5) is 0 Å². The van der Waals surface area contributed by atoms with Gasteiger partial charge in [0.15, 0.2) is 23.2 Å². The normalized spacial score (nSPS) is 11.4. The van der Waals surface area contributed by atoms with E-state index in [1.54, 1.807) is 13.3 Å². The number of nitrogens with zero attached hydrogens (tertiary/aromatic N) is 3. The summed E-state index contributed by atoms with van der Waals surface area (Å²) in [6, 6.07) is 9.70. The van der Waals surface area contributed by atoms with Crippen LogP contribution in [0.1, 0.15) is 25.2 Å². The fourth-order valence-corrected chi connectivity index (χ4v) is 3.02. The molecule has 0 bridgehead atoms. The van der Waals surface area contributed by atoms with Crippen LogP contribution in [-0.4, -0.2) is 54.5 Å². The number of ether oxygens (including phenoxy) is 2. The Morgan fingerprint density at radius 2 is 1.84 bits per heavy atom. The molecule has 0 atom stereocenters. The quantitative estimate of drug-likeness (QED) is 0.319. The molecule has 0 fully saturated rings. The smallest absolute Gasteiger partial charge is 0.216 e. The average molecular weight is 427 g/mol. The number of guanidine groups is 1. The first-order valence-electron chi connectivity index (χ1n) is 10.5. The molecular formula is C22H30N6O3. The van der Waals surface area contributed by atoms with Gasteiger partial charge in [-0.15, -0.1) is 0 Å². The van der Waals surface area contributed by atoms with Gasteiger partial charge >= 0.3 is 0 Å². The van der Waals surface area contributed by atoms with E-state index in [-0.39, 0.29) is 0 Å². The third-order valence-corrected chi connectivity index (χ3v) is 4.47. The van der Waals surface area contributed by atoms with Gasteiger partial charge in [0, 0.05) is 26.6 Å². The predicted molar refractivity (Wildman–Crippen MR) is 120 cm³/mol. The lowest BCUT2D eigenvalue weighted by Crippen LogP contribution is -2.39. The monoisotopic (exact) mass is 426 g/mol. The molecule has 3 rings (SSSR count). The fraction of sp³-hybridized carbons (Fsp3) is 0.409. The maximum Gasteiger partial charge on any atom is 0.216 e. The first-order chi connectivity index (χ1) is 15.2. The van der Waals surface area contributed by atoms with Crippen LogP contribution in [0, 0.1) is 0 Å². The largest absolute Gasteiger partial charge is 0.490 e. The number of aromatic nitrogens is 3. The van der Waals surface area contributed by atoms with Crippen LogP contribution in [0.3, 0.4) is 0 Å². The lowest BCUT2D eigenvalue weighted by Gasteiger charge is -2.14. The summed E-state index contributed by atoms with van der Waals surface area (Å²) in [5.74, 6) is 4.29. The van der Waals surface area contributed by atoms with Crippen LogP contribution in [-0.2, 0) is 12.8 Å². The van der Waals surface area contributed by atoms with Crippen molar-refractivity contribution in [2.45, 2.75) is 26.7 Å². The highest BCUT2D eigenvalue weighted by molar-refractivity contribution is 5.79. The van der Waals surface area contributed by atoms with Gasteiger partial charge in [-0.05, 0) is 50.1 Å². The van der Waals surface area contributed by atoms with Crippen LogP contribution in [0.15, 0.2) is 46.0 Å². The van der Waals surface area contributed by atoms with E-state index < -0.39 is 0 Å². The molecule has 31 heavy (non-hydrogen) atoms. The highest BCUT2D eigenvalue weighted by atomic mass is 16.5.